The zero-order chi connectivity index (χ0) is 13.1. The number of carbonyl (C=O) groups is 2. The van der Waals surface area contributed by atoms with E-state index in [-0.39, 0.29) is 23.8 Å². The smallest absolute Gasteiger partial charge is 0.346 e. The normalized spacial score (nSPS) is 19.4. The third-order valence-corrected chi connectivity index (χ3v) is 2.81. The lowest BCUT2D eigenvalue weighted by Gasteiger charge is -2.24. The van der Waals surface area contributed by atoms with Crippen molar-refractivity contribution in [1.29, 1.82) is 0 Å². The van der Waals surface area contributed by atoms with Crippen LogP contribution in [0.1, 0.15) is 18.0 Å². The summed E-state index contributed by atoms with van der Waals surface area (Å²) in [5.74, 6) is -1.67. The van der Waals surface area contributed by atoms with Crippen LogP contribution in [0.4, 0.5) is 0 Å². The molecule has 0 aromatic heterocycles. The molecule has 2 N–H and O–H groups in total. The molecule has 5 heteroatoms. The van der Waals surface area contributed by atoms with Crippen LogP contribution in [0.15, 0.2) is 41.7 Å². The Balaban J connectivity index is 2.28. The fraction of sp³-hybridized carbons (Fsp3) is 0.231. The van der Waals surface area contributed by atoms with Gasteiger partial charge in [0.1, 0.15) is 5.76 Å². The third-order valence-electron chi connectivity index (χ3n) is 2.81. The summed E-state index contributed by atoms with van der Waals surface area (Å²) < 4.78 is 4.45. The number of ether oxygens (including phenoxy) is 1. The third kappa shape index (κ3) is 2.20. The number of hydrogen-bond acceptors (Lipinski definition) is 4. The predicted molar refractivity (Wildman–Crippen MR) is 63.6 cm³/mol. The standard InChI is InChI=1S/C13H13NO4/c1-18-13(17)11-10(15)7-9(14-12(11)16)8-5-3-2-4-6-8/h2-6,9,15H,7H2,1H3,(H,14,16)/t9-/m0/s1. The molecule has 0 saturated carbocycles. The van der Waals surface area contributed by atoms with E-state index in [0.717, 1.165) is 5.56 Å². The molecule has 5 nitrogen and oxygen atoms in total. The molecule has 1 aromatic carbocycles. The predicted octanol–water partition coefficient (Wildman–Crippen LogP) is 1.23. The Bertz CT molecular complexity index is 507. The van der Waals surface area contributed by atoms with E-state index in [0.29, 0.717) is 0 Å². The van der Waals surface area contributed by atoms with Crippen molar-refractivity contribution in [2.75, 3.05) is 7.11 Å². The fourth-order valence-corrected chi connectivity index (χ4v) is 1.91. The molecule has 1 heterocycles. The SMILES string of the molecule is COC(=O)C1=C(O)C[C@@H](c2ccccc2)NC1=O. The summed E-state index contributed by atoms with van der Waals surface area (Å²) in [6.45, 7) is 0. The van der Waals surface area contributed by atoms with Gasteiger partial charge in [0.15, 0.2) is 5.57 Å². The van der Waals surface area contributed by atoms with Gasteiger partial charge < -0.3 is 15.2 Å². The molecule has 0 fully saturated rings. The van der Waals surface area contributed by atoms with Gasteiger partial charge in [-0.2, -0.15) is 0 Å². The van der Waals surface area contributed by atoms with Gasteiger partial charge in [0.05, 0.1) is 13.2 Å². The van der Waals surface area contributed by atoms with E-state index in [1.807, 2.05) is 30.3 Å². The highest BCUT2D eigenvalue weighted by atomic mass is 16.5. The summed E-state index contributed by atoms with van der Waals surface area (Å²) >= 11 is 0. The van der Waals surface area contributed by atoms with E-state index in [2.05, 4.69) is 10.1 Å². The Labute approximate surface area is 104 Å². The highest BCUT2D eigenvalue weighted by molar-refractivity contribution is 6.17. The van der Waals surface area contributed by atoms with Gasteiger partial charge in [-0.15, -0.1) is 0 Å². The number of amides is 1. The Morgan fingerprint density at radius 3 is 2.61 bits per heavy atom. The number of methoxy groups -OCH3 is 1. The molecule has 0 spiro atoms. The minimum atomic E-state index is -0.823. The monoisotopic (exact) mass is 247 g/mol. The van der Waals surface area contributed by atoms with Crippen LogP contribution in [0.2, 0.25) is 0 Å². The largest absolute Gasteiger partial charge is 0.511 e. The first-order chi connectivity index (χ1) is 8.63. The minimum absolute atomic E-state index is 0.181. The van der Waals surface area contributed by atoms with Gasteiger partial charge in [-0.1, -0.05) is 30.3 Å². The quantitative estimate of drug-likeness (QED) is 0.609. The molecule has 1 aliphatic rings. The topological polar surface area (TPSA) is 75.6 Å². The zero-order valence-corrected chi connectivity index (χ0v) is 9.84. The lowest BCUT2D eigenvalue weighted by molar-refractivity contribution is -0.138. The second-order valence-corrected chi connectivity index (χ2v) is 3.95. The Morgan fingerprint density at radius 1 is 1.39 bits per heavy atom. The van der Waals surface area contributed by atoms with Crippen molar-refractivity contribution in [1.82, 2.24) is 5.32 Å². The number of rotatable bonds is 2. The van der Waals surface area contributed by atoms with Crippen molar-refractivity contribution in [2.24, 2.45) is 0 Å². The second kappa shape index (κ2) is 4.91. The molecule has 0 bridgehead atoms. The van der Waals surface area contributed by atoms with Gasteiger partial charge in [-0.3, -0.25) is 4.79 Å². The van der Waals surface area contributed by atoms with Gasteiger partial charge in [0.2, 0.25) is 0 Å². The zero-order valence-electron chi connectivity index (χ0n) is 9.84. The Kier molecular flexibility index (Phi) is 3.32. The number of benzene rings is 1. The van der Waals surface area contributed by atoms with Crippen LogP contribution < -0.4 is 5.32 Å². The number of aliphatic hydroxyl groups excluding tert-OH is 1. The number of hydrogen-bond donors (Lipinski definition) is 2. The molecule has 0 saturated heterocycles. The summed E-state index contributed by atoms with van der Waals surface area (Å²) in [5, 5.41) is 12.5. The van der Waals surface area contributed by atoms with Gasteiger partial charge in [-0.25, -0.2) is 4.79 Å². The van der Waals surface area contributed by atoms with Gasteiger partial charge in [-0.05, 0) is 5.56 Å². The second-order valence-electron chi connectivity index (χ2n) is 3.95. The van der Waals surface area contributed by atoms with Crippen LogP contribution in [0, 0.1) is 0 Å². The van der Waals surface area contributed by atoms with E-state index in [9.17, 15) is 14.7 Å². The summed E-state index contributed by atoms with van der Waals surface area (Å²) in [5.41, 5.74) is 0.561. The maximum absolute atomic E-state index is 11.8. The lowest BCUT2D eigenvalue weighted by Crippen LogP contribution is -2.37. The van der Waals surface area contributed by atoms with Crippen LogP contribution in [0.5, 0.6) is 0 Å². The van der Waals surface area contributed by atoms with E-state index in [1.165, 1.54) is 7.11 Å². The molecule has 2 rings (SSSR count). The first-order valence-corrected chi connectivity index (χ1v) is 5.49. The van der Waals surface area contributed by atoms with Crippen LogP contribution in [0.3, 0.4) is 0 Å². The molecule has 94 valence electrons. The van der Waals surface area contributed by atoms with Crippen molar-refractivity contribution in [3.05, 3.63) is 47.2 Å². The average molecular weight is 247 g/mol. The molecular weight excluding hydrogens is 234 g/mol. The van der Waals surface area contributed by atoms with E-state index in [1.54, 1.807) is 0 Å². The van der Waals surface area contributed by atoms with Crippen LogP contribution in [-0.2, 0) is 14.3 Å². The van der Waals surface area contributed by atoms with Crippen LogP contribution in [-0.4, -0.2) is 24.1 Å². The van der Waals surface area contributed by atoms with Gasteiger partial charge in [0.25, 0.3) is 5.91 Å². The lowest BCUT2D eigenvalue weighted by atomic mass is 9.96. The van der Waals surface area contributed by atoms with E-state index < -0.39 is 11.9 Å². The highest BCUT2D eigenvalue weighted by Gasteiger charge is 2.32. The average Bonchev–Trinajstić information content (AvgIpc) is 2.38. The highest BCUT2D eigenvalue weighted by Crippen LogP contribution is 2.26. The summed E-state index contributed by atoms with van der Waals surface area (Å²) in [6.07, 6.45) is 0.181. The number of aliphatic hydroxyl groups is 1. The molecular formula is C13H13NO4. The molecule has 0 radical (unpaired) electrons. The maximum Gasteiger partial charge on any atom is 0.346 e. The summed E-state index contributed by atoms with van der Waals surface area (Å²) in [4.78, 5) is 23.1. The first kappa shape index (κ1) is 12.2. The van der Waals surface area contributed by atoms with Crippen molar-refractivity contribution in [3.8, 4) is 0 Å². The molecule has 1 amide bonds. The number of nitrogens with one attached hydrogen (secondary N) is 1. The summed E-state index contributed by atoms with van der Waals surface area (Å²) in [6, 6.07) is 8.93. The van der Waals surface area contributed by atoms with E-state index >= 15 is 0 Å². The Hall–Kier alpha value is -2.30. The van der Waals surface area contributed by atoms with Crippen molar-refractivity contribution < 1.29 is 19.4 Å². The minimum Gasteiger partial charge on any atom is -0.511 e. The number of esters is 1. The molecule has 0 unspecified atom stereocenters. The van der Waals surface area contributed by atoms with Gasteiger partial charge >= 0.3 is 5.97 Å². The van der Waals surface area contributed by atoms with Gasteiger partial charge in [0, 0.05) is 6.42 Å². The van der Waals surface area contributed by atoms with Crippen LogP contribution >= 0.6 is 0 Å². The van der Waals surface area contributed by atoms with Crippen LogP contribution in [0.25, 0.3) is 0 Å². The number of carbonyl (C=O) groups excluding carboxylic acids is 2. The molecule has 1 aromatic rings. The first-order valence-electron chi connectivity index (χ1n) is 5.49. The molecule has 1 aliphatic heterocycles. The van der Waals surface area contributed by atoms with Crippen molar-refractivity contribution >= 4 is 11.9 Å². The molecule has 1 atom stereocenters. The van der Waals surface area contributed by atoms with E-state index in [4.69, 9.17) is 0 Å². The van der Waals surface area contributed by atoms with Crippen molar-refractivity contribution in [2.45, 2.75) is 12.5 Å². The molecule has 0 aliphatic carbocycles. The summed E-state index contributed by atoms with van der Waals surface area (Å²) in [7, 11) is 1.17. The Morgan fingerprint density at radius 2 is 2.06 bits per heavy atom. The molecule has 18 heavy (non-hydrogen) atoms. The van der Waals surface area contributed by atoms with Crippen molar-refractivity contribution in [3.63, 3.8) is 0 Å². The fourth-order valence-electron chi connectivity index (χ4n) is 1.91. The maximum atomic E-state index is 11.8.